The summed E-state index contributed by atoms with van der Waals surface area (Å²) in [6, 6.07) is 8.79. The van der Waals surface area contributed by atoms with Gasteiger partial charge in [-0.05, 0) is 36.8 Å². The number of halogens is 1. The summed E-state index contributed by atoms with van der Waals surface area (Å²) < 4.78 is 1.76. The predicted octanol–water partition coefficient (Wildman–Crippen LogP) is 2.55. The molecule has 0 aliphatic carbocycles. The molecule has 1 aliphatic rings. The Labute approximate surface area is 148 Å². The first-order valence-electron chi connectivity index (χ1n) is 8.21. The van der Waals surface area contributed by atoms with Gasteiger partial charge in [0, 0.05) is 28.4 Å². The number of amides is 1. The van der Waals surface area contributed by atoms with Gasteiger partial charge in [0.1, 0.15) is 5.65 Å². The van der Waals surface area contributed by atoms with Crippen molar-refractivity contribution in [3.8, 4) is 5.88 Å². The molecule has 25 heavy (non-hydrogen) atoms. The molecule has 0 atom stereocenters. The molecule has 3 aromatic rings. The molecule has 0 saturated heterocycles. The summed E-state index contributed by atoms with van der Waals surface area (Å²) >= 11 is 6.11. The Balaban J connectivity index is 2.09. The number of hydrogen-bond donors (Lipinski definition) is 1. The smallest absolute Gasteiger partial charge is 0.279 e. The van der Waals surface area contributed by atoms with E-state index in [4.69, 9.17) is 11.6 Å². The van der Waals surface area contributed by atoms with Gasteiger partial charge in [0.05, 0.1) is 16.5 Å². The molecule has 3 heterocycles. The molecular weight excluding hydrogens is 338 g/mol. The quantitative estimate of drug-likeness (QED) is 0.783. The number of aromatic hydroxyl groups is 1. The van der Waals surface area contributed by atoms with Gasteiger partial charge >= 0.3 is 0 Å². The van der Waals surface area contributed by atoms with E-state index in [1.54, 1.807) is 35.0 Å². The number of unbranched alkanes of at least 4 members (excludes halogenated alkanes) is 1. The summed E-state index contributed by atoms with van der Waals surface area (Å²) in [6.07, 6.45) is 3.58. The van der Waals surface area contributed by atoms with Crippen molar-refractivity contribution >= 4 is 34.1 Å². The van der Waals surface area contributed by atoms with E-state index in [2.05, 4.69) is 16.9 Å². The van der Waals surface area contributed by atoms with Crippen molar-refractivity contribution in [3.05, 3.63) is 57.7 Å². The van der Waals surface area contributed by atoms with Gasteiger partial charge in [0.25, 0.3) is 5.91 Å². The van der Waals surface area contributed by atoms with Crippen LogP contribution in [-0.2, 0) is 11.3 Å². The standard InChI is InChI=1S/C19H16ClN3O2/c1-2-3-9-23-17-12(5-4-8-21-17)16(19(23)25)15-13-10-11(20)6-7-14(13)22-18(15)24/h4-8,10,25H,2-3,9H2,1H3. The van der Waals surface area contributed by atoms with Gasteiger partial charge in [0.15, 0.2) is 0 Å². The first kappa shape index (κ1) is 15.8. The number of pyridine rings is 1. The second-order valence-electron chi connectivity index (χ2n) is 6.03. The predicted molar refractivity (Wildman–Crippen MR) is 96.1 cm³/mol. The molecule has 0 fully saturated rings. The van der Waals surface area contributed by atoms with Crippen LogP contribution in [0.5, 0.6) is 5.88 Å². The lowest BCUT2D eigenvalue weighted by atomic mass is 10.0. The fourth-order valence-corrected chi connectivity index (χ4v) is 3.44. The van der Waals surface area contributed by atoms with Gasteiger partial charge in [-0.25, -0.2) is 9.98 Å². The Hall–Kier alpha value is -2.66. The average molecular weight is 354 g/mol. The maximum atomic E-state index is 12.6. The number of hydrogen-bond acceptors (Lipinski definition) is 3. The molecule has 2 aromatic heterocycles. The van der Waals surface area contributed by atoms with Crippen molar-refractivity contribution in [1.82, 2.24) is 9.55 Å². The third-order valence-corrected chi connectivity index (χ3v) is 4.68. The Morgan fingerprint density at radius 3 is 2.92 bits per heavy atom. The van der Waals surface area contributed by atoms with Crippen LogP contribution >= 0.6 is 11.6 Å². The molecule has 1 aromatic carbocycles. The molecule has 0 bridgehead atoms. The van der Waals surface area contributed by atoms with E-state index in [0.29, 0.717) is 38.9 Å². The maximum Gasteiger partial charge on any atom is 0.279 e. The fraction of sp³-hybridized carbons (Fsp3) is 0.211. The highest BCUT2D eigenvalue weighted by molar-refractivity contribution is 6.31. The number of aromatic nitrogens is 2. The average Bonchev–Trinajstić information content (AvgIpc) is 3.06. The van der Waals surface area contributed by atoms with E-state index in [1.807, 2.05) is 6.07 Å². The number of carbonyl (C=O) groups is 1. The zero-order valence-corrected chi connectivity index (χ0v) is 14.4. The molecule has 1 aliphatic heterocycles. The Bertz CT molecular complexity index is 1130. The van der Waals surface area contributed by atoms with Gasteiger partial charge in [-0.15, -0.1) is 0 Å². The molecule has 126 valence electrons. The summed E-state index contributed by atoms with van der Waals surface area (Å²) in [4.78, 5) is 21.1. The topological polar surface area (TPSA) is 67.5 Å². The summed E-state index contributed by atoms with van der Waals surface area (Å²) in [7, 11) is 0. The molecule has 1 amide bonds. The number of aryl methyl sites for hydroxylation is 1. The Morgan fingerprint density at radius 1 is 1.28 bits per heavy atom. The lowest BCUT2D eigenvalue weighted by Gasteiger charge is -2.05. The number of nitrogens with zero attached hydrogens (tertiary/aromatic N) is 3. The minimum atomic E-state index is -0.369. The number of rotatable bonds is 4. The second-order valence-corrected chi connectivity index (χ2v) is 6.47. The monoisotopic (exact) mass is 353 g/mol. The van der Waals surface area contributed by atoms with Crippen molar-refractivity contribution in [3.63, 3.8) is 0 Å². The fourth-order valence-electron chi connectivity index (χ4n) is 3.27. The number of fused-ring (bicyclic) bond motifs is 2. The van der Waals surface area contributed by atoms with Gasteiger partial charge in [-0.3, -0.25) is 9.36 Å². The molecule has 6 heteroatoms. The van der Waals surface area contributed by atoms with E-state index < -0.39 is 0 Å². The van der Waals surface area contributed by atoms with Crippen LogP contribution < -0.4 is 10.6 Å². The second kappa shape index (κ2) is 6.01. The van der Waals surface area contributed by atoms with Crippen LogP contribution in [0.25, 0.3) is 16.6 Å². The van der Waals surface area contributed by atoms with Crippen LogP contribution in [0, 0.1) is 0 Å². The summed E-state index contributed by atoms with van der Waals surface area (Å²) in [5, 5.41) is 13.4. The van der Waals surface area contributed by atoms with Crippen molar-refractivity contribution < 1.29 is 9.90 Å². The minimum absolute atomic E-state index is 0.0496. The summed E-state index contributed by atoms with van der Waals surface area (Å²) in [6.45, 7) is 2.72. The van der Waals surface area contributed by atoms with Crippen LogP contribution in [0.4, 0.5) is 0 Å². The first-order valence-corrected chi connectivity index (χ1v) is 8.59. The zero-order valence-electron chi connectivity index (χ0n) is 13.7. The van der Waals surface area contributed by atoms with Crippen LogP contribution in [-0.4, -0.2) is 20.6 Å². The van der Waals surface area contributed by atoms with Crippen LogP contribution in [0.3, 0.4) is 0 Å². The zero-order chi connectivity index (χ0) is 17.6. The van der Waals surface area contributed by atoms with Crippen LogP contribution in [0.2, 0.25) is 5.02 Å². The maximum absolute atomic E-state index is 12.6. The highest BCUT2D eigenvalue weighted by atomic mass is 35.5. The SMILES string of the molecule is CCCCn1c(O)c(C2=c3cc(Cl)ccc3=NC2=O)c2cccnc21. The Morgan fingerprint density at radius 2 is 2.12 bits per heavy atom. The lowest BCUT2D eigenvalue weighted by Crippen LogP contribution is -2.22. The Kier molecular flexibility index (Phi) is 3.81. The molecule has 0 saturated carbocycles. The lowest BCUT2D eigenvalue weighted by molar-refractivity contribution is -0.112. The molecule has 0 radical (unpaired) electrons. The largest absolute Gasteiger partial charge is 0.494 e. The molecule has 0 spiro atoms. The van der Waals surface area contributed by atoms with Gasteiger partial charge < -0.3 is 5.11 Å². The normalized spacial score (nSPS) is 13.4. The highest BCUT2D eigenvalue weighted by Gasteiger charge is 2.27. The van der Waals surface area contributed by atoms with E-state index >= 15 is 0 Å². The summed E-state index contributed by atoms with van der Waals surface area (Å²) in [5.74, 6) is -0.320. The van der Waals surface area contributed by atoms with Crippen LogP contribution in [0.15, 0.2) is 41.5 Å². The molecule has 1 N–H and O–H groups in total. The first-order chi connectivity index (χ1) is 12.1. The molecular formula is C19H16ClN3O2. The molecule has 5 nitrogen and oxygen atoms in total. The van der Waals surface area contributed by atoms with Crippen LogP contribution in [0.1, 0.15) is 25.3 Å². The third-order valence-electron chi connectivity index (χ3n) is 4.44. The van der Waals surface area contributed by atoms with E-state index in [-0.39, 0.29) is 11.8 Å². The third kappa shape index (κ3) is 2.43. The molecule has 0 unspecified atom stereocenters. The van der Waals surface area contributed by atoms with Crippen molar-refractivity contribution in [2.24, 2.45) is 4.99 Å². The van der Waals surface area contributed by atoms with Crippen molar-refractivity contribution in [2.45, 2.75) is 26.3 Å². The van der Waals surface area contributed by atoms with E-state index in [9.17, 15) is 9.90 Å². The van der Waals surface area contributed by atoms with E-state index in [0.717, 1.165) is 18.2 Å². The molecule has 4 rings (SSSR count). The summed E-state index contributed by atoms with van der Waals surface area (Å²) in [5.41, 5.74) is 1.52. The number of carbonyl (C=O) groups excluding carboxylic acids is 1. The highest BCUT2D eigenvalue weighted by Crippen LogP contribution is 2.35. The van der Waals surface area contributed by atoms with Crippen molar-refractivity contribution in [2.75, 3.05) is 0 Å². The van der Waals surface area contributed by atoms with Gasteiger partial charge in [-0.1, -0.05) is 24.9 Å². The van der Waals surface area contributed by atoms with Crippen molar-refractivity contribution in [1.29, 1.82) is 0 Å². The van der Waals surface area contributed by atoms with E-state index in [1.165, 1.54) is 0 Å². The minimum Gasteiger partial charge on any atom is -0.494 e. The van der Waals surface area contributed by atoms with Gasteiger partial charge in [-0.2, -0.15) is 0 Å². The number of benzene rings is 1. The van der Waals surface area contributed by atoms with Gasteiger partial charge in [0.2, 0.25) is 5.88 Å².